The zero-order valence-corrected chi connectivity index (χ0v) is 11.6. The smallest absolute Gasteiger partial charge is 0.159 e. The molecule has 4 heteroatoms. The molecule has 3 nitrogen and oxygen atoms in total. The van der Waals surface area contributed by atoms with Gasteiger partial charge >= 0.3 is 0 Å². The fraction of sp³-hybridized carbons (Fsp3) is 0.769. The molecule has 0 aromatic rings. The van der Waals surface area contributed by atoms with Crippen molar-refractivity contribution in [3.05, 3.63) is 0 Å². The molecular formula is C13H17O3P. The summed E-state index contributed by atoms with van der Waals surface area (Å²) in [5, 5.41) is -0.892. The van der Waals surface area contributed by atoms with Crippen LogP contribution in [-0.4, -0.2) is 27.7 Å². The highest BCUT2D eigenvalue weighted by atomic mass is 31.1. The second-order valence-electron chi connectivity index (χ2n) is 6.79. The molecule has 2 aliphatic heterocycles. The second-order valence-corrected chi connectivity index (χ2v) is 9.25. The fourth-order valence-corrected chi connectivity index (χ4v) is 7.62. The largest absolute Gasteiger partial charge is 0.298 e. The maximum atomic E-state index is 12.5. The van der Waals surface area contributed by atoms with E-state index >= 15 is 0 Å². The Morgan fingerprint density at radius 1 is 0.765 bits per heavy atom. The summed E-state index contributed by atoms with van der Waals surface area (Å²) in [5.41, 5.74) is -1.81. The molecule has 0 aromatic heterocycles. The lowest BCUT2D eigenvalue weighted by Crippen LogP contribution is -2.74. The molecule has 2 saturated carbocycles. The molecule has 0 amide bonds. The Hall–Kier alpha value is -0.560. The average molecular weight is 252 g/mol. The van der Waals surface area contributed by atoms with Gasteiger partial charge in [-0.1, -0.05) is 8.58 Å². The van der Waals surface area contributed by atoms with E-state index in [1.807, 2.05) is 13.8 Å². The van der Waals surface area contributed by atoms with E-state index in [0.29, 0.717) is 21.4 Å². The second kappa shape index (κ2) is 2.56. The highest BCUT2D eigenvalue weighted by Crippen LogP contribution is 2.71. The van der Waals surface area contributed by atoms with Crippen molar-refractivity contribution in [1.29, 1.82) is 0 Å². The van der Waals surface area contributed by atoms with Crippen molar-refractivity contribution in [2.24, 2.45) is 10.8 Å². The van der Waals surface area contributed by atoms with Crippen molar-refractivity contribution in [3.8, 4) is 0 Å². The van der Waals surface area contributed by atoms with Crippen LogP contribution in [0.1, 0.15) is 40.5 Å². The molecule has 0 spiro atoms. The van der Waals surface area contributed by atoms with Gasteiger partial charge in [0.05, 0.1) is 10.8 Å². The summed E-state index contributed by atoms with van der Waals surface area (Å²) < 4.78 is 0. The van der Waals surface area contributed by atoms with Gasteiger partial charge in [-0.05, 0) is 40.5 Å². The summed E-state index contributed by atoms with van der Waals surface area (Å²) in [5.74, 6) is 0.0333. The summed E-state index contributed by atoms with van der Waals surface area (Å²) in [6.45, 7) is 7.39. The number of carbonyl (C=O) groups is 3. The van der Waals surface area contributed by atoms with Crippen LogP contribution in [0.3, 0.4) is 0 Å². The molecule has 4 aliphatic rings. The van der Waals surface area contributed by atoms with Crippen LogP contribution in [0.2, 0.25) is 0 Å². The van der Waals surface area contributed by atoms with Crippen molar-refractivity contribution in [1.82, 2.24) is 0 Å². The minimum atomic E-state index is -0.907. The molecule has 0 N–H and O–H groups in total. The summed E-state index contributed by atoms with van der Waals surface area (Å²) in [4.78, 5) is 37.5. The molecule has 17 heavy (non-hydrogen) atoms. The van der Waals surface area contributed by atoms with Gasteiger partial charge in [0.15, 0.2) is 17.3 Å². The van der Waals surface area contributed by atoms with Gasteiger partial charge in [-0.15, -0.1) is 0 Å². The van der Waals surface area contributed by atoms with Crippen LogP contribution < -0.4 is 0 Å². The van der Waals surface area contributed by atoms with Crippen molar-refractivity contribution in [2.45, 2.75) is 50.8 Å². The van der Waals surface area contributed by atoms with Crippen molar-refractivity contribution in [3.63, 3.8) is 0 Å². The Bertz CT molecular complexity index is 457. The van der Waals surface area contributed by atoms with Gasteiger partial charge in [-0.25, -0.2) is 0 Å². The van der Waals surface area contributed by atoms with E-state index < -0.39 is 21.1 Å². The van der Waals surface area contributed by atoms with Crippen LogP contribution in [0.5, 0.6) is 0 Å². The minimum Gasteiger partial charge on any atom is -0.298 e. The first kappa shape index (κ1) is 11.5. The van der Waals surface area contributed by atoms with Crippen molar-refractivity contribution >= 4 is 25.9 Å². The number of rotatable bonds is 0. The number of hydrogen-bond acceptors (Lipinski definition) is 3. The van der Waals surface area contributed by atoms with E-state index in [2.05, 4.69) is 0 Å². The topological polar surface area (TPSA) is 51.2 Å². The number of ketones is 3. The highest BCUT2D eigenvalue weighted by Gasteiger charge is 2.75. The first-order valence-corrected chi connectivity index (χ1v) is 7.03. The van der Waals surface area contributed by atoms with Gasteiger partial charge in [0.2, 0.25) is 0 Å². The van der Waals surface area contributed by atoms with Gasteiger partial charge in [0.25, 0.3) is 0 Å². The van der Waals surface area contributed by atoms with Gasteiger partial charge in [-0.2, -0.15) is 0 Å². The van der Waals surface area contributed by atoms with Crippen molar-refractivity contribution < 1.29 is 14.4 Å². The van der Waals surface area contributed by atoms with E-state index in [1.165, 1.54) is 0 Å². The highest BCUT2D eigenvalue weighted by molar-refractivity contribution is 7.45. The number of hydrogen-bond donors (Lipinski definition) is 0. The monoisotopic (exact) mass is 252 g/mol. The Morgan fingerprint density at radius 2 is 1.12 bits per heavy atom. The first-order valence-electron chi connectivity index (χ1n) is 6.03. The SMILES string of the molecule is CC12CC3(C)C(=O)C(C)(CC(C)(C1=O)C3=O)P2. The molecule has 4 unspecified atom stereocenters. The normalized spacial score (nSPS) is 58.2. The average Bonchev–Trinajstić information content (AvgIpc) is 2.20. The summed E-state index contributed by atoms with van der Waals surface area (Å²) in [7, 11) is 0.336. The van der Waals surface area contributed by atoms with Crippen LogP contribution in [-0.2, 0) is 14.4 Å². The van der Waals surface area contributed by atoms with E-state index in [-0.39, 0.29) is 17.3 Å². The third-order valence-corrected chi connectivity index (χ3v) is 6.88. The first-order chi connectivity index (χ1) is 7.59. The maximum absolute atomic E-state index is 12.5. The molecule has 2 heterocycles. The van der Waals surface area contributed by atoms with E-state index in [4.69, 9.17) is 0 Å². The van der Waals surface area contributed by atoms with Gasteiger partial charge in [0, 0.05) is 10.3 Å². The standard InChI is InChI=1S/C13H17O3P/c1-10-5-12(3)9(16)11(2,7(10)14)6-13(4,17-12)8(10)15/h17H,5-6H2,1-4H3. The molecule has 92 valence electrons. The van der Waals surface area contributed by atoms with Crippen LogP contribution >= 0.6 is 8.58 Å². The van der Waals surface area contributed by atoms with Gasteiger partial charge < -0.3 is 0 Å². The van der Waals surface area contributed by atoms with Crippen LogP contribution in [0.4, 0.5) is 0 Å². The van der Waals surface area contributed by atoms with Crippen LogP contribution in [0, 0.1) is 10.8 Å². The lowest BCUT2D eigenvalue weighted by Gasteiger charge is -2.64. The summed E-state index contributed by atoms with van der Waals surface area (Å²) >= 11 is 0. The van der Waals surface area contributed by atoms with Crippen LogP contribution in [0.25, 0.3) is 0 Å². The number of carbonyl (C=O) groups excluding carboxylic acids is 3. The van der Waals surface area contributed by atoms with E-state index in [1.54, 1.807) is 13.8 Å². The van der Waals surface area contributed by atoms with Crippen LogP contribution in [0.15, 0.2) is 0 Å². The minimum absolute atomic E-state index is 0.0794. The molecule has 4 rings (SSSR count). The molecule has 2 saturated heterocycles. The van der Waals surface area contributed by atoms with E-state index in [9.17, 15) is 14.4 Å². The summed E-state index contributed by atoms with van der Waals surface area (Å²) in [6, 6.07) is 0. The number of Topliss-reactive ketones (excluding diaryl/α,β-unsaturated/α-hetero) is 3. The Kier molecular flexibility index (Phi) is 1.74. The molecule has 4 atom stereocenters. The lowest BCUT2D eigenvalue weighted by atomic mass is 9.48. The zero-order valence-electron chi connectivity index (χ0n) is 10.6. The Balaban J connectivity index is 2.31. The molecule has 4 fully saturated rings. The predicted molar refractivity (Wildman–Crippen MR) is 65.6 cm³/mol. The maximum Gasteiger partial charge on any atom is 0.159 e. The Morgan fingerprint density at radius 3 is 1.47 bits per heavy atom. The van der Waals surface area contributed by atoms with Gasteiger partial charge in [0.1, 0.15) is 0 Å². The molecule has 0 radical (unpaired) electrons. The molecular weight excluding hydrogens is 235 g/mol. The molecule has 4 bridgehead atoms. The van der Waals surface area contributed by atoms with Gasteiger partial charge in [-0.3, -0.25) is 14.4 Å². The quantitative estimate of drug-likeness (QED) is 0.487. The lowest BCUT2D eigenvalue weighted by molar-refractivity contribution is -0.166. The van der Waals surface area contributed by atoms with Crippen molar-refractivity contribution in [2.75, 3.05) is 0 Å². The fourth-order valence-electron chi connectivity index (χ4n) is 4.74. The zero-order chi connectivity index (χ0) is 12.9. The molecule has 0 aromatic carbocycles. The summed E-state index contributed by atoms with van der Waals surface area (Å²) in [6.07, 6.45) is 0.861. The third kappa shape index (κ3) is 0.977. The van der Waals surface area contributed by atoms with E-state index in [0.717, 1.165) is 0 Å². The molecule has 2 aliphatic carbocycles. The third-order valence-electron chi connectivity index (χ3n) is 4.97. The predicted octanol–water partition coefficient (Wildman–Crippen LogP) is 1.72. The Labute approximate surface area is 103 Å².